The van der Waals surface area contributed by atoms with E-state index in [1.54, 1.807) is 0 Å². The Balaban J connectivity index is 1.37. The van der Waals surface area contributed by atoms with Crippen LogP contribution in [0.1, 0.15) is 106 Å². The van der Waals surface area contributed by atoms with Crippen molar-refractivity contribution in [2.24, 2.45) is 34.5 Å². The Hall–Kier alpha value is -2.72. The Bertz CT molecular complexity index is 1250. The topological polar surface area (TPSA) is 126 Å². The fourth-order valence-corrected chi connectivity index (χ4v) is 10.0. The number of carbonyl (C=O) groups is 4. The highest BCUT2D eigenvalue weighted by Gasteiger charge is 2.59. The Morgan fingerprint density at radius 2 is 1.72 bits per heavy atom. The first-order chi connectivity index (χ1) is 22.3. The second kappa shape index (κ2) is 14.4. The highest BCUT2D eigenvalue weighted by atomic mass is 16.7. The molecule has 1 heterocycles. The maximum Gasteiger partial charge on any atom is 0.305 e. The van der Waals surface area contributed by atoms with Gasteiger partial charge in [-0.1, -0.05) is 38.5 Å². The first-order valence-corrected chi connectivity index (χ1v) is 17.7. The standard InChI is InChI=1S/C37H55NO9/c1-8-10-31(42)43-20-30-33(44-22(4)40)34(45-23(5)41)32(38-21(3)39)35(47-30)46-26-15-17-37(7)25(19-26)11-13-27-28-14-12-24(9-2)36(28,6)18-16-29(27)37/h9,11,24,26-30,32-35H,2,8,10,12-20H2,1,3-7H3,(H,38,39)/t24-,26-,27-,28-,29-,30+,32+,33-,34+,35+,36+,37-/m0/s1. The fraction of sp³-hybridized carbons (Fsp3) is 0.784. The third kappa shape index (κ3) is 7.19. The van der Waals surface area contributed by atoms with Crippen LogP contribution in [0.2, 0.25) is 0 Å². The third-order valence-corrected chi connectivity index (χ3v) is 12.2. The third-order valence-electron chi connectivity index (χ3n) is 12.2. The summed E-state index contributed by atoms with van der Waals surface area (Å²) in [5, 5.41) is 2.83. The molecule has 262 valence electrons. The Morgan fingerprint density at radius 3 is 2.38 bits per heavy atom. The maximum atomic E-state index is 12.4. The minimum atomic E-state index is -1.14. The van der Waals surface area contributed by atoms with Crippen molar-refractivity contribution in [1.29, 1.82) is 0 Å². The number of rotatable bonds is 10. The van der Waals surface area contributed by atoms with Gasteiger partial charge < -0.3 is 29.0 Å². The molecule has 1 aliphatic heterocycles. The first kappa shape index (κ1) is 35.6. The molecule has 12 atom stereocenters. The lowest BCUT2D eigenvalue weighted by molar-refractivity contribution is -0.289. The molecule has 4 aliphatic carbocycles. The van der Waals surface area contributed by atoms with Crippen molar-refractivity contribution in [3.8, 4) is 0 Å². The maximum absolute atomic E-state index is 12.4. The summed E-state index contributed by atoms with van der Waals surface area (Å²) in [6.07, 6.45) is 9.66. The number of esters is 3. The average molecular weight is 658 g/mol. The van der Waals surface area contributed by atoms with Crippen LogP contribution in [0, 0.1) is 34.5 Å². The van der Waals surface area contributed by atoms with Crippen molar-refractivity contribution in [2.75, 3.05) is 6.61 Å². The highest BCUT2D eigenvalue weighted by molar-refractivity contribution is 5.73. The number of hydrogen-bond donors (Lipinski definition) is 1. The van der Waals surface area contributed by atoms with E-state index >= 15 is 0 Å². The minimum Gasteiger partial charge on any atom is -0.463 e. The van der Waals surface area contributed by atoms with Crippen molar-refractivity contribution in [1.82, 2.24) is 5.32 Å². The molecule has 0 spiro atoms. The molecular weight excluding hydrogens is 602 g/mol. The average Bonchev–Trinajstić information content (AvgIpc) is 3.35. The zero-order valence-electron chi connectivity index (χ0n) is 29.1. The quantitative estimate of drug-likeness (QED) is 0.182. The van der Waals surface area contributed by atoms with Crippen molar-refractivity contribution < 1.29 is 42.9 Å². The molecule has 0 aromatic carbocycles. The number of nitrogens with one attached hydrogen (secondary N) is 1. The molecule has 1 N–H and O–H groups in total. The van der Waals surface area contributed by atoms with E-state index in [4.69, 9.17) is 23.7 Å². The van der Waals surface area contributed by atoms with Gasteiger partial charge in [0.2, 0.25) is 5.91 Å². The predicted molar refractivity (Wildman–Crippen MR) is 174 cm³/mol. The van der Waals surface area contributed by atoms with Gasteiger partial charge in [0.15, 0.2) is 18.5 Å². The zero-order chi connectivity index (χ0) is 34.1. The largest absolute Gasteiger partial charge is 0.463 e. The van der Waals surface area contributed by atoms with Gasteiger partial charge >= 0.3 is 17.9 Å². The lowest BCUT2D eigenvalue weighted by Crippen LogP contribution is -2.67. The van der Waals surface area contributed by atoms with Crippen molar-refractivity contribution >= 4 is 23.8 Å². The smallest absolute Gasteiger partial charge is 0.305 e. The lowest BCUT2D eigenvalue weighted by atomic mass is 9.47. The summed E-state index contributed by atoms with van der Waals surface area (Å²) in [7, 11) is 0. The molecule has 0 bridgehead atoms. The van der Waals surface area contributed by atoms with E-state index < -0.39 is 48.6 Å². The normalized spacial score (nSPS) is 40.9. The van der Waals surface area contributed by atoms with Gasteiger partial charge in [0.25, 0.3) is 0 Å². The van der Waals surface area contributed by atoms with Gasteiger partial charge in [0, 0.05) is 27.2 Å². The van der Waals surface area contributed by atoms with E-state index in [1.807, 2.05) is 6.92 Å². The first-order valence-electron chi connectivity index (χ1n) is 17.7. The van der Waals surface area contributed by atoms with Crippen LogP contribution in [0.3, 0.4) is 0 Å². The van der Waals surface area contributed by atoms with Gasteiger partial charge in [-0.3, -0.25) is 19.2 Å². The summed E-state index contributed by atoms with van der Waals surface area (Å²) >= 11 is 0. The summed E-state index contributed by atoms with van der Waals surface area (Å²) in [5.74, 6) is 0.620. The monoisotopic (exact) mass is 657 g/mol. The molecule has 0 aromatic heterocycles. The summed E-state index contributed by atoms with van der Waals surface area (Å²) in [6.45, 7) is 14.6. The van der Waals surface area contributed by atoms with Gasteiger partial charge in [-0.25, -0.2) is 0 Å². The van der Waals surface area contributed by atoms with E-state index in [0.717, 1.165) is 31.6 Å². The fourth-order valence-electron chi connectivity index (χ4n) is 10.0. The van der Waals surface area contributed by atoms with Crippen LogP contribution in [-0.4, -0.2) is 67.2 Å². The molecular formula is C37H55NO9. The summed E-state index contributed by atoms with van der Waals surface area (Å²) in [4.78, 5) is 49.2. The summed E-state index contributed by atoms with van der Waals surface area (Å²) in [6, 6.07) is -0.961. The minimum absolute atomic E-state index is 0.109. The van der Waals surface area contributed by atoms with Crippen LogP contribution >= 0.6 is 0 Å². The van der Waals surface area contributed by atoms with Crippen molar-refractivity contribution in [3.63, 3.8) is 0 Å². The van der Waals surface area contributed by atoms with E-state index in [9.17, 15) is 19.2 Å². The molecule has 10 nitrogen and oxygen atoms in total. The van der Waals surface area contributed by atoms with Crippen molar-refractivity contribution in [3.05, 3.63) is 24.3 Å². The Kier molecular flexibility index (Phi) is 10.9. The number of allylic oxidation sites excluding steroid dienone is 2. The Morgan fingerprint density at radius 1 is 1.00 bits per heavy atom. The van der Waals surface area contributed by atoms with Gasteiger partial charge in [-0.15, -0.1) is 6.58 Å². The predicted octanol–water partition coefficient (Wildman–Crippen LogP) is 5.57. The van der Waals surface area contributed by atoms with E-state index in [1.165, 1.54) is 52.0 Å². The molecule has 47 heavy (non-hydrogen) atoms. The molecule has 0 aromatic rings. The number of amides is 1. The molecule has 4 fully saturated rings. The van der Waals surface area contributed by atoms with E-state index in [0.29, 0.717) is 29.6 Å². The van der Waals surface area contributed by atoms with Crippen LogP contribution in [0.25, 0.3) is 0 Å². The number of hydrogen-bond acceptors (Lipinski definition) is 9. The van der Waals surface area contributed by atoms with Gasteiger partial charge in [0.1, 0.15) is 18.8 Å². The van der Waals surface area contributed by atoms with Crippen LogP contribution in [0.15, 0.2) is 24.3 Å². The van der Waals surface area contributed by atoms with E-state index in [-0.39, 0.29) is 30.5 Å². The second-order valence-corrected chi connectivity index (χ2v) is 15.1. The van der Waals surface area contributed by atoms with Crippen LogP contribution < -0.4 is 5.32 Å². The van der Waals surface area contributed by atoms with E-state index in [2.05, 4.69) is 37.9 Å². The van der Waals surface area contributed by atoms with Gasteiger partial charge in [-0.2, -0.15) is 0 Å². The Labute approximate surface area is 279 Å². The molecule has 0 unspecified atom stereocenters. The zero-order valence-corrected chi connectivity index (χ0v) is 29.1. The molecule has 1 amide bonds. The van der Waals surface area contributed by atoms with Gasteiger partial charge in [0.05, 0.1) is 6.10 Å². The molecule has 1 saturated heterocycles. The molecule has 5 rings (SSSR count). The number of fused-ring (bicyclic) bond motifs is 5. The summed E-state index contributed by atoms with van der Waals surface area (Å²) in [5.41, 5.74) is 1.90. The molecule has 10 heteroatoms. The second-order valence-electron chi connectivity index (χ2n) is 15.1. The van der Waals surface area contributed by atoms with Gasteiger partial charge in [-0.05, 0) is 92.3 Å². The van der Waals surface area contributed by atoms with Crippen molar-refractivity contribution in [2.45, 2.75) is 142 Å². The number of ether oxygens (including phenoxy) is 5. The van der Waals surface area contributed by atoms with Crippen LogP contribution in [0.5, 0.6) is 0 Å². The molecule has 3 saturated carbocycles. The molecule has 5 aliphatic rings. The lowest BCUT2D eigenvalue weighted by Gasteiger charge is -2.58. The SMILES string of the molecule is C=C[C@H]1CC[C@H]2[C@@H]3CC=C4C[C@@H](O[C@@H]5O[C@H](COC(=O)CCC)[C@H](OC(C)=O)[C@H](OC(C)=O)[C@H]5NC(C)=O)CC[C@]4(C)[C@H]3CC[C@]12C. The number of carbonyl (C=O) groups excluding carboxylic acids is 4. The van der Waals surface area contributed by atoms with Crippen LogP contribution in [0.4, 0.5) is 0 Å². The van der Waals surface area contributed by atoms with Crippen LogP contribution in [-0.2, 0) is 42.9 Å². The highest BCUT2D eigenvalue weighted by Crippen LogP contribution is 2.66. The summed E-state index contributed by atoms with van der Waals surface area (Å²) < 4.78 is 29.8. The molecule has 0 radical (unpaired) electrons.